The maximum atomic E-state index is 12.6. The van der Waals surface area contributed by atoms with Gasteiger partial charge in [-0.15, -0.1) is 0 Å². The third-order valence-electron chi connectivity index (χ3n) is 3.85. The maximum absolute atomic E-state index is 12.6. The van der Waals surface area contributed by atoms with Crippen molar-refractivity contribution in [3.05, 3.63) is 28.2 Å². The van der Waals surface area contributed by atoms with E-state index in [-0.39, 0.29) is 24.1 Å². The predicted molar refractivity (Wildman–Crippen MR) is 88.8 cm³/mol. The molecule has 1 aromatic heterocycles. The van der Waals surface area contributed by atoms with Gasteiger partial charge in [0.25, 0.3) is 5.56 Å². The van der Waals surface area contributed by atoms with Crippen molar-refractivity contribution in [3.8, 4) is 0 Å². The minimum absolute atomic E-state index is 0.0164. The van der Waals surface area contributed by atoms with E-state index >= 15 is 0 Å². The van der Waals surface area contributed by atoms with Gasteiger partial charge in [-0.3, -0.25) is 9.59 Å². The van der Waals surface area contributed by atoms with E-state index in [2.05, 4.69) is 25.9 Å². The Labute approximate surface area is 133 Å². The Balaban J connectivity index is 2.81. The molecule has 1 rings (SSSR count). The molecule has 5 heteroatoms. The zero-order valence-corrected chi connectivity index (χ0v) is 14.3. The van der Waals surface area contributed by atoms with Gasteiger partial charge < -0.3 is 4.90 Å². The summed E-state index contributed by atoms with van der Waals surface area (Å²) < 4.78 is 1.27. The number of aryl methyl sites for hydroxylation is 1. The van der Waals surface area contributed by atoms with Crippen LogP contribution in [0.15, 0.2) is 16.9 Å². The molecule has 1 amide bonds. The monoisotopic (exact) mass is 307 g/mol. The van der Waals surface area contributed by atoms with Gasteiger partial charge in [0.1, 0.15) is 6.54 Å². The molecule has 0 saturated carbocycles. The van der Waals surface area contributed by atoms with Crippen LogP contribution in [0.5, 0.6) is 0 Å². The highest BCUT2D eigenvalue weighted by Gasteiger charge is 2.20. The molecule has 1 atom stereocenters. The Morgan fingerprint density at radius 2 is 2.00 bits per heavy atom. The lowest BCUT2D eigenvalue weighted by Crippen LogP contribution is -2.43. The van der Waals surface area contributed by atoms with Crippen LogP contribution < -0.4 is 5.56 Å². The molecule has 0 aromatic carbocycles. The third kappa shape index (κ3) is 5.62. The fourth-order valence-electron chi connectivity index (χ4n) is 2.58. The van der Waals surface area contributed by atoms with Crippen molar-refractivity contribution in [2.75, 3.05) is 6.54 Å². The van der Waals surface area contributed by atoms with Crippen molar-refractivity contribution in [1.29, 1.82) is 0 Å². The Morgan fingerprint density at radius 3 is 2.64 bits per heavy atom. The summed E-state index contributed by atoms with van der Waals surface area (Å²) in [6, 6.07) is 3.34. The highest BCUT2D eigenvalue weighted by atomic mass is 16.2. The molecule has 0 aliphatic rings. The van der Waals surface area contributed by atoms with Crippen LogP contribution in [0, 0.1) is 6.92 Å². The van der Waals surface area contributed by atoms with Gasteiger partial charge in [0.05, 0.1) is 5.69 Å². The van der Waals surface area contributed by atoms with Gasteiger partial charge in [-0.2, -0.15) is 5.10 Å². The second-order valence-electron chi connectivity index (χ2n) is 5.90. The summed E-state index contributed by atoms with van der Waals surface area (Å²) in [7, 11) is 0. The van der Waals surface area contributed by atoms with E-state index < -0.39 is 0 Å². The second kappa shape index (κ2) is 9.38. The van der Waals surface area contributed by atoms with E-state index in [9.17, 15) is 9.59 Å². The number of aromatic nitrogens is 2. The first-order chi connectivity index (χ1) is 10.5. The summed E-state index contributed by atoms with van der Waals surface area (Å²) in [5.74, 6) is -0.0164. The lowest BCUT2D eigenvalue weighted by atomic mass is 10.1. The van der Waals surface area contributed by atoms with E-state index in [1.54, 1.807) is 6.07 Å². The molecule has 0 N–H and O–H groups in total. The highest BCUT2D eigenvalue weighted by Crippen LogP contribution is 2.10. The molecule has 22 heavy (non-hydrogen) atoms. The van der Waals surface area contributed by atoms with Crippen molar-refractivity contribution < 1.29 is 4.79 Å². The van der Waals surface area contributed by atoms with Crippen LogP contribution in [0.3, 0.4) is 0 Å². The van der Waals surface area contributed by atoms with Gasteiger partial charge in [-0.1, -0.05) is 33.1 Å². The van der Waals surface area contributed by atoms with Crippen LogP contribution in [-0.2, 0) is 11.3 Å². The lowest BCUT2D eigenvalue weighted by molar-refractivity contribution is -0.134. The maximum Gasteiger partial charge on any atom is 0.267 e. The summed E-state index contributed by atoms with van der Waals surface area (Å²) in [5.41, 5.74) is 0.516. The largest absolute Gasteiger partial charge is 0.338 e. The van der Waals surface area contributed by atoms with E-state index in [4.69, 9.17) is 0 Å². The zero-order valence-electron chi connectivity index (χ0n) is 14.3. The topological polar surface area (TPSA) is 55.2 Å². The Bertz CT molecular complexity index is 525. The van der Waals surface area contributed by atoms with E-state index in [1.165, 1.54) is 10.7 Å². The van der Waals surface area contributed by atoms with Crippen LogP contribution in [-0.4, -0.2) is 33.2 Å². The Kier molecular flexibility index (Phi) is 7.85. The molecular weight excluding hydrogens is 278 g/mol. The number of hydrogen-bond acceptors (Lipinski definition) is 3. The molecule has 0 saturated heterocycles. The van der Waals surface area contributed by atoms with Gasteiger partial charge in [0.2, 0.25) is 5.91 Å². The first-order valence-electron chi connectivity index (χ1n) is 8.33. The molecule has 1 heterocycles. The molecule has 0 bridgehead atoms. The summed E-state index contributed by atoms with van der Waals surface area (Å²) in [6.07, 6.45) is 5.27. The Hall–Kier alpha value is -1.65. The molecule has 0 aliphatic carbocycles. The second-order valence-corrected chi connectivity index (χ2v) is 5.90. The fraction of sp³-hybridized carbons (Fsp3) is 0.706. The SMILES string of the molecule is CCCCCN(C(=O)Cn1nc(C)ccc1=O)C(C)CCC. The first-order valence-corrected chi connectivity index (χ1v) is 8.33. The lowest BCUT2D eigenvalue weighted by Gasteiger charge is -2.29. The van der Waals surface area contributed by atoms with Gasteiger partial charge >= 0.3 is 0 Å². The minimum atomic E-state index is -0.226. The van der Waals surface area contributed by atoms with Gasteiger partial charge in [0.15, 0.2) is 0 Å². The summed E-state index contributed by atoms with van der Waals surface area (Å²) in [6.45, 7) is 8.96. The van der Waals surface area contributed by atoms with Crippen molar-refractivity contribution in [3.63, 3.8) is 0 Å². The van der Waals surface area contributed by atoms with E-state index in [0.29, 0.717) is 0 Å². The zero-order chi connectivity index (χ0) is 16.5. The van der Waals surface area contributed by atoms with Gasteiger partial charge in [-0.05, 0) is 32.8 Å². The molecule has 0 radical (unpaired) electrons. The smallest absolute Gasteiger partial charge is 0.267 e. The predicted octanol–water partition coefficient (Wildman–Crippen LogP) is 2.76. The Morgan fingerprint density at radius 1 is 1.27 bits per heavy atom. The molecular formula is C17H29N3O2. The van der Waals surface area contributed by atoms with Crippen LogP contribution in [0.25, 0.3) is 0 Å². The molecule has 124 valence electrons. The van der Waals surface area contributed by atoms with Gasteiger partial charge in [0, 0.05) is 18.7 Å². The average Bonchev–Trinajstić information content (AvgIpc) is 2.47. The van der Waals surface area contributed by atoms with E-state index in [1.807, 2.05) is 11.8 Å². The summed E-state index contributed by atoms with van der Waals surface area (Å²) >= 11 is 0. The van der Waals surface area contributed by atoms with E-state index in [0.717, 1.165) is 44.3 Å². The quantitative estimate of drug-likeness (QED) is 0.659. The molecule has 0 spiro atoms. The van der Waals surface area contributed by atoms with Crippen molar-refractivity contribution >= 4 is 5.91 Å². The van der Waals surface area contributed by atoms with Crippen LogP contribution in [0.4, 0.5) is 0 Å². The van der Waals surface area contributed by atoms with Crippen molar-refractivity contribution in [2.24, 2.45) is 0 Å². The summed E-state index contributed by atoms with van der Waals surface area (Å²) in [5, 5.41) is 4.15. The number of carbonyl (C=O) groups excluding carboxylic acids is 1. The molecule has 1 aromatic rings. The molecule has 0 aliphatic heterocycles. The minimum Gasteiger partial charge on any atom is -0.338 e. The number of unbranched alkanes of at least 4 members (excludes halogenated alkanes) is 2. The number of rotatable bonds is 9. The summed E-state index contributed by atoms with van der Waals surface area (Å²) in [4.78, 5) is 26.3. The third-order valence-corrected chi connectivity index (χ3v) is 3.85. The molecule has 1 unspecified atom stereocenters. The molecule has 0 fully saturated rings. The van der Waals surface area contributed by atoms with Crippen molar-refractivity contribution in [2.45, 2.75) is 72.4 Å². The number of carbonyl (C=O) groups is 1. The number of amides is 1. The first kappa shape index (κ1) is 18.4. The number of nitrogens with zero attached hydrogens (tertiary/aromatic N) is 3. The number of hydrogen-bond donors (Lipinski definition) is 0. The van der Waals surface area contributed by atoms with Crippen LogP contribution in [0.2, 0.25) is 0 Å². The van der Waals surface area contributed by atoms with Crippen LogP contribution >= 0.6 is 0 Å². The normalized spacial score (nSPS) is 12.2. The highest BCUT2D eigenvalue weighted by molar-refractivity contribution is 5.76. The fourth-order valence-corrected chi connectivity index (χ4v) is 2.58. The standard InChI is InChI=1S/C17H29N3O2/c1-5-7-8-12-19(15(4)9-6-2)17(22)13-20-16(21)11-10-14(3)18-20/h10-11,15H,5-9,12-13H2,1-4H3. The molecule has 5 nitrogen and oxygen atoms in total. The van der Waals surface area contributed by atoms with Crippen molar-refractivity contribution in [1.82, 2.24) is 14.7 Å². The average molecular weight is 307 g/mol. The van der Waals surface area contributed by atoms with Crippen LogP contribution in [0.1, 0.15) is 58.6 Å². The van der Waals surface area contributed by atoms with Gasteiger partial charge in [-0.25, -0.2) is 4.68 Å².